The molecule has 13 aromatic rings. The van der Waals surface area contributed by atoms with E-state index in [1.165, 1.54) is 43.1 Å². The van der Waals surface area contributed by atoms with Gasteiger partial charge in [0.2, 0.25) is 0 Å². The van der Waals surface area contributed by atoms with Crippen LogP contribution < -0.4 is 0 Å². The zero-order chi connectivity index (χ0) is 40.7. The number of rotatable bonds is 5. The van der Waals surface area contributed by atoms with E-state index >= 15 is 0 Å². The maximum absolute atomic E-state index is 6.32. The molecule has 0 spiro atoms. The molecule has 13 rings (SSSR count). The highest BCUT2D eigenvalue weighted by atomic mass is 16.3. The van der Waals surface area contributed by atoms with E-state index in [1.54, 1.807) is 0 Å². The van der Waals surface area contributed by atoms with Gasteiger partial charge in [0.15, 0.2) is 17.5 Å². The van der Waals surface area contributed by atoms with Gasteiger partial charge in [0.25, 0.3) is 0 Å². The molecule has 10 aromatic carbocycles. The van der Waals surface area contributed by atoms with E-state index in [-0.39, 0.29) is 0 Å². The number of para-hydroxylation sites is 1. The van der Waals surface area contributed by atoms with Crippen LogP contribution in [0.3, 0.4) is 0 Å². The van der Waals surface area contributed by atoms with Crippen LogP contribution >= 0.6 is 0 Å². The van der Waals surface area contributed by atoms with Crippen molar-refractivity contribution in [1.82, 2.24) is 19.5 Å². The standard InChI is InChI=1S/C57H34N4O/c1-2-14-36(15-3-1)55-58-56(60-57(59-55)45-22-12-24-53-54(45)44-21-10-11-23-52(44)62-53)43-27-28-49(46(32-43)42-26-25-35-13-4-5-16-37(35)29-42)61-50-33-40-19-8-6-17-38(40)30-47(50)48-31-39-18-7-9-20-41(39)34-51(48)61/h1-34H. The minimum Gasteiger partial charge on any atom is -0.456 e. The number of hydrogen-bond acceptors (Lipinski definition) is 4. The lowest BCUT2D eigenvalue weighted by Crippen LogP contribution is -2.02. The highest BCUT2D eigenvalue weighted by molar-refractivity contribution is 6.17. The van der Waals surface area contributed by atoms with Crippen molar-refractivity contribution in [3.8, 4) is 51.0 Å². The van der Waals surface area contributed by atoms with Crippen LogP contribution in [0.2, 0.25) is 0 Å². The van der Waals surface area contributed by atoms with Crippen molar-refractivity contribution in [3.05, 3.63) is 206 Å². The number of hydrogen-bond donors (Lipinski definition) is 0. The Labute approximate surface area is 355 Å². The van der Waals surface area contributed by atoms with Crippen LogP contribution in [0.1, 0.15) is 0 Å². The smallest absolute Gasteiger partial charge is 0.164 e. The summed E-state index contributed by atoms with van der Waals surface area (Å²) in [4.78, 5) is 15.7. The lowest BCUT2D eigenvalue weighted by molar-refractivity contribution is 0.669. The van der Waals surface area contributed by atoms with Gasteiger partial charge in [-0.2, -0.15) is 0 Å². The highest BCUT2D eigenvalue weighted by Gasteiger charge is 2.21. The molecule has 5 heteroatoms. The summed E-state index contributed by atoms with van der Waals surface area (Å²) in [6, 6.07) is 73.1. The lowest BCUT2D eigenvalue weighted by Gasteiger charge is -2.17. The van der Waals surface area contributed by atoms with E-state index < -0.39 is 0 Å². The van der Waals surface area contributed by atoms with Gasteiger partial charge in [0.1, 0.15) is 11.2 Å². The molecule has 5 nitrogen and oxygen atoms in total. The molecule has 0 aliphatic heterocycles. The Morgan fingerprint density at radius 2 is 0.871 bits per heavy atom. The van der Waals surface area contributed by atoms with Gasteiger partial charge in [-0.05, 0) is 98.5 Å². The third-order valence-corrected chi connectivity index (χ3v) is 12.4. The Kier molecular flexibility index (Phi) is 7.54. The summed E-state index contributed by atoms with van der Waals surface area (Å²) >= 11 is 0. The van der Waals surface area contributed by atoms with Crippen LogP contribution in [0.25, 0.3) is 127 Å². The molecule has 0 bridgehead atoms. The van der Waals surface area contributed by atoms with Gasteiger partial charge < -0.3 is 8.98 Å². The monoisotopic (exact) mass is 790 g/mol. The molecule has 0 radical (unpaired) electrons. The van der Waals surface area contributed by atoms with Gasteiger partial charge in [-0.25, -0.2) is 15.0 Å². The number of benzene rings is 10. The van der Waals surface area contributed by atoms with Crippen molar-refractivity contribution in [2.24, 2.45) is 0 Å². The Morgan fingerprint density at radius 3 is 1.58 bits per heavy atom. The molecule has 0 saturated carbocycles. The van der Waals surface area contributed by atoms with Crippen molar-refractivity contribution in [3.63, 3.8) is 0 Å². The third-order valence-electron chi connectivity index (χ3n) is 12.4. The summed E-state index contributed by atoms with van der Waals surface area (Å²) in [5.41, 5.74) is 9.86. The molecule has 3 heterocycles. The predicted octanol–water partition coefficient (Wildman–Crippen LogP) is 15.0. The number of furan rings is 1. The van der Waals surface area contributed by atoms with Gasteiger partial charge in [-0.1, -0.05) is 146 Å². The summed E-state index contributed by atoms with van der Waals surface area (Å²) in [5.74, 6) is 1.78. The fourth-order valence-electron chi connectivity index (χ4n) is 9.41. The normalized spacial score (nSPS) is 11.9. The molecule has 3 aromatic heterocycles. The fraction of sp³-hybridized carbons (Fsp3) is 0. The first-order valence-electron chi connectivity index (χ1n) is 20.9. The molecule has 0 fully saturated rings. The number of aromatic nitrogens is 4. The molecule has 288 valence electrons. The zero-order valence-corrected chi connectivity index (χ0v) is 33.3. The van der Waals surface area contributed by atoms with Crippen LogP contribution in [0.15, 0.2) is 211 Å². The molecule has 0 aliphatic carbocycles. The quantitative estimate of drug-likeness (QED) is 0.174. The van der Waals surface area contributed by atoms with Gasteiger partial charge in [-0.15, -0.1) is 0 Å². The maximum atomic E-state index is 6.32. The highest BCUT2D eigenvalue weighted by Crippen LogP contribution is 2.42. The molecule has 0 aliphatic rings. The van der Waals surface area contributed by atoms with Crippen LogP contribution in [-0.4, -0.2) is 19.5 Å². The van der Waals surface area contributed by atoms with Crippen molar-refractivity contribution in [2.45, 2.75) is 0 Å². The second kappa shape index (κ2) is 13.6. The lowest BCUT2D eigenvalue weighted by atomic mass is 9.97. The van der Waals surface area contributed by atoms with Crippen LogP contribution in [0.4, 0.5) is 0 Å². The minimum absolute atomic E-state index is 0.587. The van der Waals surface area contributed by atoms with Gasteiger partial charge in [0, 0.05) is 43.8 Å². The van der Waals surface area contributed by atoms with E-state index in [0.29, 0.717) is 17.5 Å². The summed E-state index contributed by atoms with van der Waals surface area (Å²) in [5, 5.41) is 11.6. The zero-order valence-electron chi connectivity index (χ0n) is 33.3. The number of nitrogens with zero attached hydrogens (tertiary/aromatic N) is 4. The second-order valence-electron chi connectivity index (χ2n) is 16.0. The summed E-state index contributed by atoms with van der Waals surface area (Å²) in [6.45, 7) is 0. The van der Waals surface area contributed by atoms with E-state index in [4.69, 9.17) is 19.4 Å². The first-order valence-corrected chi connectivity index (χ1v) is 20.9. The maximum Gasteiger partial charge on any atom is 0.164 e. The Bertz CT molecular complexity index is 3840. The SMILES string of the molecule is c1ccc(-c2nc(-c3ccc(-n4c5cc6ccccc6cc5c5cc6ccccc6cc54)c(-c4ccc5ccccc5c4)c3)nc(-c3cccc4oc5ccccc5c34)n2)cc1. The van der Waals surface area contributed by atoms with Gasteiger partial charge >= 0.3 is 0 Å². The second-order valence-corrected chi connectivity index (χ2v) is 16.0. The molecule has 0 atom stereocenters. The Morgan fingerprint density at radius 1 is 0.323 bits per heavy atom. The van der Waals surface area contributed by atoms with E-state index in [2.05, 4.69) is 162 Å². The minimum atomic E-state index is 0.587. The first-order chi connectivity index (χ1) is 30.7. The van der Waals surface area contributed by atoms with Crippen molar-refractivity contribution in [2.75, 3.05) is 0 Å². The van der Waals surface area contributed by atoms with E-state index in [9.17, 15) is 0 Å². The number of fused-ring (bicyclic) bond motifs is 9. The van der Waals surface area contributed by atoms with Crippen molar-refractivity contribution >= 4 is 76.1 Å². The fourth-order valence-corrected chi connectivity index (χ4v) is 9.41. The molecule has 0 N–H and O–H groups in total. The van der Waals surface area contributed by atoms with E-state index in [0.717, 1.165) is 66.5 Å². The third kappa shape index (κ3) is 5.45. The van der Waals surface area contributed by atoms with Gasteiger partial charge in [0.05, 0.1) is 16.7 Å². The average molecular weight is 791 g/mol. The summed E-state index contributed by atoms with van der Waals surface area (Å²) in [7, 11) is 0. The molecule has 0 amide bonds. The predicted molar refractivity (Wildman–Crippen MR) is 256 cm³/mol. The first kappa shape index (κ1) is 34.5. The van der Waals surface area contributed by atoms with Crippen molar-refractivity contribution < 1.29 is 4.42 Å². The van der Waals surface area contributed by atoms with Crippen LogP contribution in [-0.2, 0) is 0 Å². The largest absolute Gasteiger partial charge is 0.456 e. The molecular formula is C57H34N4O. The molecular weight excluding hydrogens is 757 g/mol. The van der Waals surface area contributed by atoms with E-state index in [1.807, 2.05) is 48.5 Å². The topological polar surface area (TPSA) is 56.7 Å². The van der Waals surface area contributed by atoms with Crippen LogP contribution in [0.5, 0.6) is 0 Å². The Balaban J connectivity index is 1.10. The summed E-state index contributed by atoms with van der Waals surface area (Å²) < 4.78 is 8.78. The molecule has 0 saturated heterocycles. The van der Waals surface area contributed by atoms with Crippen molar-refractivity contribution in [1.29, 1.82) is 0 Å². The summed E-state index contributed by atoms with van der Waals surface area (Å²) in [6.07, 6.45) is 0. The average Bonchev–Trinajstić information content (AvgIpc) is 3.87. The van der Waals surface area contributed by atoms with Crippen LogP contribution in [0, 0.1) is 0 Å². The van der Waals surface area contributed by atoms with Gasteiger partial charge in [-0.3, -0.25) is 0 Å². The molecule has 62 heavy (non-hydrogen) atoms. The Hall–Kier alpha value is -8.41. The molecule has 0 unspecified atom stereocenters.